The second kappa shape index (κ2) is 9.20. The van der Waals surface area contributed by atoms with E-state index in [-0.39, 0.29) is 17.8 Å². The van der Waals surface area contributed by atoms with E-state index in [2.05, 4.69) is 5.32 Å². The molecule has 6 heteroatoms. The van der Waals surface area contributed by atoms with E-state index < -0.39 is 0 Å². The van der Waals surface area contributed by atoms with Gasteiger partial charge in [0, 0.05) is 11.3 Å². The van der Waals surface area contributed by atoms with Crippen molar-refractivity contribution in [2.45, 2.75) is 26.4 Å². The lowest BCUT2D eigenvalue weighted by Crippen LogP contribution is -3.12. The monoisotopic (exact) mass is 361 g/mol. The molecule has 2 aromatic rings. The molecule has 0 saturated carbocycles. The molecule has 5 nitrogen and oxygen atoms in total. The highest BCUT2D eigenvalue weighted by Gasteiger charge is 2.22. The molecular formula is C20H26FN2O3+. The molecule has 2 atom stereocenters. The number of anilines is 1. The van der Waals surface area contributed by atoms with Gasteiger partial charge in [-0.1, -0.05) is 0 Å². The molecule has 0 aromatic heterocycles. The molecule has 0 radical (unpaired) electrons. The molecule has 0 saturated heterocycles. The van der Waals surface area contributed by atoms with Crippen LogP contribution >= 0.6 is 0 Å². The predicted molar refractivity (Wildman–Crippen MR) is 99.2 cm³/mol. The van der Waals surface area contributed by atoms with E-state index in [1.807, 2.05) is 39.1 Å². The summed E-state index contributed by atoms with van der Waals surface area (Å²) in [5.41, 5.74) is 1.63. The normalized spacial score (nSPS) is 13.0. The summed E-state index contributed by atoms with van der Waals surface area (Å²) in [6, 6.07) is 11.2. The van der Waals surface area contributed by atoms with Crippen LogP contribution in [-0.4, -0.2) is 32.7 Å². The number of hydrogen-bond donors (Lipinski definition) is 2. The molecule has 0 aliphatic carbocycles. The van der Waals surface area contributed by atoms with Crippen molar-refractivity contribution >= 4 is 11.6 Å². The van der Waals surface area contributed by atoms with Gasteiger partial charge in [-0.3, -0.25) is 4.79 Å². The highest BCUT2D eigenvalue weighted by atomic mass is 19.1. The SMILES string of the molecule is CCOc1ccc(C[NH+](C)[C@H](C)C(=O)Nc2ccc(F)cc2)cc1OC. The maximum Gasteiger partial charge on any atom is 0.282 e. The molecule has 0 spiro atoms. The topological polar surface area (TPSA) is 52.0 Å². The van der Waals surface area contributed by atoms with Gasteiger partial charge in [0.1, 0.15) is 12.4 Å². The lowest BCUT2D eigenvalue weighted by molar-refractivity contribution is -0.907. The minimum absolute atomic E-state index is 0.119. The molecule has 1 amide bonds. The Hall–Kier alpha value is -2.60. The number of ether oxygens (including phenoxy) is 2. The summed E-state index contributed by atoms with van der Waals surface area (Å²) in [5, 5.41) is 2.81. The molecule has 0 aliphatic heterocycles. The summed E-state index contributed by atoms with van der Waals surface area (Å²) in [4.78, 5) is 13.4. The smallest absolute Gasteiger partial charge is 0.282 e. The van der Waals surface area contributed by atoms with Crippen LogP contribution in [0.4, 0.5) is 10.1 Å². The number of benzene rings is 2. The first-order chi connectivity index (χ1) is 12.4. The molecule has 0 fully saturated rings. The molecule has 0 bridgehead atoms. The van der Waals surface area contributed by atoms with Crippen LogP contribution in [0.15, 0.2) is 42.5 Å². The minimum atomic E-state index is -0.330. The zero-order valence-electron chi connectivity index (χ0n) is 15.6. The number of carbonyl (C=O) groups excluding carboxylic acids is 1. The maximum absolute atomic E-state index is 13.0. The number of amides is 1. The van der Waals surface area contributed by atoms with Crippen LogP contribution < -0.4 is 19.7 Å². The number of likely N-dealkylation sites (N-methyl/N-ethyl adjacent to an activating group) is 1. The second-order valence-corrected chi connectivity index (χ2v) is 6.16. The van der Waals surface area contributed by atoms with Crippen molar-refractivity contribution in [1.82, 2.24) is 0 Å². The van der Waals surface area contributed by atoms with E-state index in [9.17, 15) is 9.18 Å². The zero-order chi connectivity index (χ0) is 19.1. The van der Waals surface area contributed by atoms with Crippen LogP contribution in [0.1, 0.15) is 19.4 Å². The Morgan fingerprint density at radius 3 is 2.50 bits per heavy atom. The second-order valence-electron chi connectivity index (χ2n) is 6.16. The number of halogens is 1. The van der Waals surface area contributed by atoms with Crippen molar-refractivity contribution in [1.29, 1.82) is 0 Å². The predicted octanol–water partition coefficient (Wildman–Crippen LogP) is 2.27. The van der Waals surface area contributed by atoms with E-state index in [0.29, 0.717) is 30.3 Å². The number of rotatable bonds is 8. The average molecular weight is 361 g/mol. The van der Waals surface area contributed by atoms with Gasteiger partial charge in [-0.2, -0.15) is 0 Å². The molecule has 2 N–H and O–H groups in total. The molecule has 1 unspecified atom stereocenters. The van der Waals surface area contributed by atoms with Gasteiger partial charge in [0.25, 0.3) is 5.91 Å². The van der Waals surface area contributed by atoms with E-state index in [0.717, 1.165) is 10.5 Å². The van der Waals surface area contributed by atoms with E-state index in [4.69, 9.17) is 9.47 Å². The maximum atomic E-state index is 13.0. The number of hydrogen-bond acceptors (Lipinski definition) is 3. The fraction of sp³-hybridized carbons (Fsp3) is 0.350. The largest absolute Gasteiger partial charge is 0.493 e. The summed E-state index contributed by atoms with van der Waals surface area (Å²) >= 11 is 0. The lowest BCUT2D eigenvalue weighted by Gasteiger charge is -2.21. The van der Waals surface area contributed by atoms with Gasteiger partial charge in [-0.05, 0) is 56.3 Å². The zero-order valence-corrected chi connectivity index (χ0v) is 15.6. The van der Waals surface area contributed by atoms with Crippen molar-refractivity contribution in [3.8, 4) is 11.5 Å². The van der Waals surface area contributed by atoms with Gasteiger partial charge in [-0.15, -0.1) is 0 Å². The Bertz CT molecular complexity index is 734. The van der Waals surface area contributed by atoms with Crippen LogP contribution in [0.5, 0.6) is 11.5 Å². The number of methoxy groups -OCH3 is 1. The fourth-order valence-electron chi connectivity index (χ4n) is 2.58. The molecule has 2 aromatic carbocycles. The summed E-state index contributed by atoms with van der Waals surface area (Å²) < 4.78 is 23.9. The summed E-state index contributed by atoms with van der Waals surface area (Å²) in [6.45, 7) is 5.01. The highest BCUT2D eigenvalue weighted by molar-refractivity contribution is 5.93. The molecule has 140 valence electrons. The molecule has 2 rings (SSSR count). The quantitative estimate of drug-likeness (QED) is 0.758. The highest BCUT2D eigenvalue weighted by Crippen LogP contribution is 2.27. The van der Waals surface area contributed by atoms with Crippen molar-refractivity contribution in [3.05, 3.63) is 53.8 Å². The van der Waals surface area contributed by atoms with E-state index in [1.54, 1.807) is 19.2 Å². The van der Waals surface area contributed by atoms with E-state index in [1.165, 1.54) is 12.1 Å². The fourth-order valence-corrected chi connectivity index (χ4v) is 2.58. The standard InChI is InChI=1S/C20H25FN2O3/c1-5-26-18-11-6-15(12-19(18)25-4)13-23(3)14(2)20(24)22-17-9-7-16(21)8-10-17/h6-12,14H,5,13H2,1-4H3,(H,22,24)/p+1/t14-/m1/s1. The lowest BCUT2D eigenvalue weighted by atomic mass is 10.1. The summed E-state index contributed by atoms with van der Waals surface area (Å²) in [6.07, 6.45) is 0. The van der Waals surface area contributed by atoms with Crippen molar-refractivity contribution in [2.24, 2.45) is 0 Å². The Morgan fingerprint density at radius 2 is 1.88 bits per heavy atom. The third kappa shape index (κ3) is 5.20. The average Bonchev–Trinajstić information content (AvgIpc) is 2.64. The Labute approximate surface area is 153 Å². The van der Waals surface area contributed by atoms with Crippen LogP contribution in [-0.2, 0) is 11.3 Å². The van der Waals surface area contributed by atoms with E-state index >= 15 is 0 Å². The molecule has 0 aliphatic rings. The summed E-state index contributed by atoms with van der Waals surface area (Å²) in [5.74, 6) is 0.939. The summed E-state index contributed by atoms with van der Waals surface area (Å²) in [7, 11) is 3.56. The van der Waals surface area contributed by atoms with Gasteiger partial charge in [0.2, 0.25) is 0 Å². The minimum Gasteiger partial charge on any atom is -0.493 e. The van der Waals surface area contributed by atoms with Gasteiger partial charge in [0.15, 0.2) is 17.5 Å². The van der Waals surface area contributed by atoms with Gasteiger partial charge >= 0.3 is 0 Å². The molecular weight excluding hydrogens is 335 g/mol. The molecule has 26 heavy (non-hydrogen) atoms. The van der Waals surface area contributed by atoms with Crippen molar-refractivity contribution in [2.75, 3.05) is 26.1 Å². The Balaban J connectivity index is 2.00. The first-order valence-corrected chi connectivity index (χ1v) is 8.63. The van der Waals surface area contributed by atoms with Gasteiger partial charge in [0.05, 0.1) is 20.8 Å². The van der Waals surface area contributed by atoms with Crippen LogP contribution in [0.3, 0.4) is 0 Å². The third-order valence-corrected chi connectivity index (χ3v) is 4.26. The first kappa shape index (κ1) is 19.7. The van der Waals surface area contributed by atoms with Crippen LogP contribution in [0.2, 0.25) is 0 Å². The first-order valence-electron chi connectivity index (χ1n) is 8.63. The molecule has 0 heterocycles. The third-order valence-electron chi connectivity index (χ3n) is 4.26. The van der Waals surface area contributed by atoms with Crippen molar-refractivity contribution < 1.29 is 23.6 Å². The Morgan fingerprint density at radius 1 is 1.19 bits per heavy atom. The number of nitrogens with one attached hydrogen (secondary N) is 2. The number of carbonyl (C=O) groups is 1. The van der Waals surface area contributed by atoms with Crippen LogP contribution in [0.25, 0.3) is 0 Å². The Kier molecular flexibility index (Phi) is 6.97. The number of quaternary nitrogens is 1. The van der Waals surface area contributed by atoms with Crippen molar-refractivity contribution in [3.63, 3.8) is 0 Å². The van der Waals surface area contributed by atoms with Gasteiger partial charge < -0.3 is 19.7 Å². The van der Waals surface area contributed by atoms with Gasteiger partial charge in [-0.25, -0.2) is 4.39 Å². The van der Waals surface area contributed by atoms with Crippen LogP contribution in [0, 0.1) is 5.82 Å².